The number of nitrogens with zero attached hydrogens (tertiary/aromatic N) is 3. The number of rotatable bonds is 7. The smallest absolute Gasteiger partial charge is 0.311 e. The minimum Gasteiger partial charge on any atom is -0.360 e. The molecule has 7 heteroatoms. The summed E-state index contributed by atoms with van der Waals surface area (Å²) in [6.07, 6.45) is 3.57. The van der Waals surface area contributed by atoms with Gasteiger partial charge in [0, 0.05) is 36.0 Å². The maximum absolute atomic E-state index is 12.9. The van der Waals surface area contributed by atoms with Crippen LogP contribution in [0.1, 0.15) is 37.3 Å². The maximum atomic E-state index is 12.9. The number of fused-ring (bicyclic) bond motifs is 1. The number of para-hydroxylation sites is 1. The zero-order chi connectivity index (χ0) is 20.1. The fourth-order valence-corrected chi connectivity index (χ4v) is 4.14. The fourth-order valence-electron chi connectivity index (χ4n) is 3.07. The zero-order valence-corrected chi connectivity index (χ0v) is 16.8. The molecule has 0 spiro atoms. The van der Waals surface area contributed by atoms with E-state index in [1.54, 1.807) is 30.5 Å². The second-order valence-electron chi connectivity index (χ2n) is 6.93. The van der Waals surface area contributed by atoms with Crippen LogP contribution in [-0.4, -0.2) is 25.2 Å². The highest BCUT2D eigenvalue weighted by Gasteiger charge is 2.19. The second kappa shape index (κ2) is 8.36. The lowest BCUT2D eigenvalue weighted by molar-refractivity contribution is 0.597. The van der Waals surface area contributed by atoms with Crippen molar-refractivity contribution in [3.8, 4) is 0 Å². The number of benzene rings is 2. The third kappa shape index (κ3) is 4.46. The molecule has 0 saturated carbocycles. The summed E-state index contributed by atoms with van der Waals surface area (Å²) < 4.78 is 30.0. The number of hydrogen-bond acceptors (Lipinski definition) is 3. The molecular formula is C21H23N4O2S+. The second-order valence-corrected chi connectivity index (χ2v) is 8.53. The highest BCUT2D eigenvalue weighted by atomic mass is 32.2. The van der Waals surface area contributed by atoms with Crippen LogP contribution in [0.5, 0.6) is 0 Å². The van der Waals surface area contributed by atoms with Gasteiger partial charge in [0.25, 0.3) is 10.0 Å². The SMILES string of the molecule is Cc1ccc(S(=O)(=O)N=C(CCCC(C)[N+]#N)c2c[nH]c3ccccc23)cc1. The van der Waals surface area contributed by atoms with Crippen LogP contribution in [0.2, 0.25) is 0 Å². The van der Waals surface area contributed by atoms with E-state index in [0.717, 1.165) is 22.0 Å². The first-order valence-electron chi connectivity index (χ1n) is 9.22. The van der Waals surface area contributed by atoms with Crippen LogP contribution >= 0.6 is 0 Å². The zero-order valence-electron chi connectivity index (χ0n) is 16.0. The molecule has 0 radical (unpaired) electrons. The van der Waals surface area contributed by atoms with Gasteiger partial charge < -0.3 is 4.98 Å². The first-order valence-corrected chi connectivity index (χ1v) is 10.7. The third-order valence-electron chi connectivity index (χ3n) is 4.68. The molecule has 1 aromatic heterocycles. The number of aromatic amines is 1. The average molecular weight is 396 g/mol. The average Bonchev–Trinajstić information content (AvgIpc) is 3.11. The van der Waals surface area contributed by atoms with Gasteiger partial charge in [-0.2, -0.15) is 12.8 Å². The molecule has 0 aliphatic rings. The highest BCUT2D eigenvalue weighted by Crippen LogP contribution is 2.23. The predicted molar refractivity (Wildman–Crippen MR) is 112 cm³/mol. The maximum Gasteiger partial charge on any atom is 0.311 e. The first kappa shape index (κ1) is 19.8. The Bertz CT molecular complexity index is 1140. The molecule has 1 heterocycles. The molecular weight excluding hydrogens is 372 g/mol. The van der Waals surface area contributed by atoms with Crippen molar-refractivity contribution in [1.29, 1.82) is 5.39 Å². The lowest BCUT2D eigenvalue weighted by atomic mass is 10.0. The molecule has 0 saturated heterocycles. The van der Waals surface area contributed by atoms with Gasteiger partial charge in [-0.25, -0.2) is 0 Å². The van der Waals surface area contributed by atoms with Crippen LogP contribution in [0.4, 0.5) is 0 Å². The monoisotopic (exact) mass is 395 g/mol. The third-order valence-corrected chi connectivity index (χ3v) is 6.01. The Hall–Kier alpha value is -2.98. The van der Waals surface area contributed by atoms with Gasteiger partial charge in [-0.05, 0) is 38.0 Å². The molecule has 6 nitrogen and oxygen atoms in total. The topological polar surface area (TPSA) is 90.4 Å². The summed E-state index contributed by atoms with van der Waals surface area (Å²) in [5.41, 5.74) is 3.20. The molecule has 0 aliphatic heterocycles. The Morgan fingerprint density at radius 2 is 1.89 bits per heavy atom. The molecule has 28 heavy (non-hydrogen) atoms. The van der Waals surface area contributed by atoms with E-state index < -0.39 is 10.0 Å². The standard InChI is InChI=1S/C21H23N4O2S/c1-15-10-12-17(13-11-15)28(26,27)25-21(9-5-6-16(2)24-22)19-14-23-20-8-4-3-7-18(19)20/h3-4,7-8,10-14,16,23H,5-6,9H2,1-2H3/q+1. The Morgan fingerprint density at radius 1 is 1.18 bits per heavy atom. The van der Waals surface area contributed by atoms with Gasteiger partial charge in [-0.15, -0.1) is 0 Å². The van der Waals surface area contributed by atoms with E-state index in [9.17, 15) is 8.42 Å². The molecule has 3 rings (SSSR count). The van der Waals surface area contributed by atoms with E-state index in [4.69, 9.17) is 5.39 Å². The van der Waals surface area contributed by atoms with Crippen molar-refractivity contribution in [2.45, 2.75) is 44.0 Å². The van der Waals surface area contributed by atoms with Crippen LogP contribution in [0, 0.1) is 12.3 Å². The van der Waals surface area contributed by atoms with Gasteiger partial charge in [-0.1, -0.05) is 35.9 Å². The molecule has 3 aromatic rings. The minimum absolute atomic E-state index is 0.175. The van der Waals surface area contributed by atoms with Gasteiger partial charge >= 0.3 is 6.04 Å². The van der Waals surface area contributed by atoms with E-state index in [1.165, 1.54) is 0 Å². The van der Waals surface area contributed by atoms with Gasteiger partial charge in [-0.3, -0.25) is 0 Å². The number of aryl methyl sites for hydroxylation is 1. The van der Waals surface area contributed by atoms with Crippen molar-refractivity contribution in [1.82, 2.24) is 4.98 Å². The van der Waals surface area contributed by atoms with Crippen LogP contribution < -0.4 is 0 Å². The largest absolute Gasteiger partial charge is 0.360 e. The van der Waals surface area contributed by atoms with Crippen molar-refractivity contribution in [3.63, 3.8) is 0 Å². The lowest BCUT2D eigenvalue weighted by Gasteiger charge is -2.07. The van der Waals surface area contributed by atoms with E-state index in [2.05, 4.69) is 14.4 Å². The summed E-state index contributed by atoms with van der Waals surface area (Å²) >= 11 is 0. The molecule has 0 bridgehead atoms. The Morgan fingerprint density at radius 3 is 2.61 bits per heavy atom. The lowest BCUT2D eigenvalue weighted by Crippen LogP contribution is -2.08. The van der Waals surface area contributed by atoms with Crippen molar-refractivity contribution < 1.29 is 8.42 Å². The van der Waals surface area contributed by atoms with Gasteiger partial charge in [0.2, 0.25) is 5.39 Å². The van der Waals surface area contributed by atoms with Crippen molar-refractivity contribution >= 4 is 26.6 Å². The highest BCUT2D eigenvalue weighted by molar-refractivity contribution is 7.90. The molecule has 1 atom stereocenters. The number of aromatic nitrogens is 1. The molecule has 144 valence electrons. The molecule has 0 amide bonds. The van der Waals surface area contributed by atoms with Gasteiger partial charge in [0.1, 0.15) is 4.98 Å². The van der Waals surface area contributed by atoms with E-state index in [-0.39, 0.29) is 10.9 Å². The summed E-state index contributed by atoms with van der Waals surface area (Å²) in [6, 6.07) is 14.2. The minimum atomic E-state index is -3.83. The van der Waals surface area contributed by atoms with Crippen LogP contribution in [0.15, 0.2) is 64.0 Å². The molecule has 0 fully saturated rings. The fraction of sp³-hybridized carbons (Fsp3) is 0.286. The summed E-state index contributed by atoms with van der Waals surface area (Å²) in [7, 11) is -3.83. The van der Waals surface area contributed by atoms with Gasteiger partial charge in [0.15, 0.2) is 0 Å². The molecule has 1 N–H and O–H groups in total. The van der Waals surface area contributed by atoms with E-state index in [1.807, 2.05) is 38.1 Å². The molecule has 1 unspecified atom stereocenters. The van der Waals surface area contributed by atoms with E-state index in [0.29, 0.717) is 25.0 Å². The Kier molecular flexibility index (Phi) is 5.90. The number of diazo groups is 1. The van der Waals surface area contributed by atoms with Crippen molar-refractivity contribution in [3.05, 3.63) is 70.8 Å². The van der Waals surface area contributed by atoms with Gasteiger partial charge in [0.05, 0.1) is 10.6 Å². The Labute approximate surface area is 165 Å². The van der Waals surface area contributed by atoms with Crippen molar-refractivity contribution in [2.24, 2.45) is 4.40 Å². The molecule has 0 aliphatic carbocycles. The predicted octanol–water partition coefficient (Wildman–Crippen LogP) is 5.07. The first-order chi connectivity index (χ1) is 13.4. The van der Waals surface area contributed by atoms with E-state index >= 15 is 0 Å². The van der Waals surface area contributed by atoms with Crippen LogP contribution in [-0.2, 0) is 10.0 Å². The summed E-state index contributed by atoms with van der Waals surface area (Å²) in [4.78, 5) is 6.62. The number of hydrogen-bond donors (Lipinski definition) is 1. The molecule has 2 aromatic carbocycles. The van der Waals surface area contributed by atoms with Crippen LogP contribution in [0.25, 0.3) is 15.9 Å². The number of H-pyrrole nitrogens is 1. The normalized spacial score (nSPS) is 13.4. The Balaban J connectivity index is 2.01. The summed E-state index contributed by atoms with van der Waals surface area (Å²) in [5, 5.41) is 9.81. The number of sulfonamides is 1. The van der Waals surface area contributed by atoms with Crippen LogP contribution in [0.3, 0.4) is 0 Å². The number of nitrogens with one attached hydrogen (secondary N) is 1. The summed E-state index contributed by atoms with van der Waals surface area (Å²) in [6.45, 7) is 3.72. The summed E-state index contributed by atoms with van der Waals surface area (Å²) in [5.74, 6) is 0. The van der Waals surface area contributed by atoms with Crippen molar-refractivity contribution in [2.75, 3.05) is 0 Å². The quantitative estimate of drug-likeness (QED) is 0.447.